The Bertz CT molecular complexity index is 1070. The second-order valence-corrected chi connectivity index (χ2v) is 8.32. The van der Waals surface area contributed by atoms with Crippen molar-refractivity contribution in [3.05, 3.63) is 52.2 Å². The molecule has 162 valence electrons. The molecule has 3 heterocycles. The molecule has 1 fully saturated rings. The minimum absolute atomic E-state index is 0.0128. The molecule has 1 saturated heterocycles. The Morgan fingerprint density at radius 3 is 2.68 bits per heavy atom. The maximum atomic E-state index is 13.0. The van der Waals surface area contributed by atoms with Crippen molar-refractivity contribution in [3.63, 3.8) is 0 Å². The molecule has 1 aliphatic rings. The van der Waals surface area contributed by atoms with Crippen LogP contribution < -0.4 is 9.64 Å². The number of rotatable bonds is 5. The van der Waals surface area contributed by atoms with Crippen LogP contribution >= 0.6 is 11.3 Å². The number of anilines is 1. The Morgan fingerprint density at radius 1 is 1.26 bits per heavy atom. The van der Waals surface area contributed by atoms with E-state index >= 15 is 0 Å². The van der Waals surface area contributed by atoms with Gasteiger partial charge in [0.25, 0.3) is 5.91 Å². The van der Waals surface area contributed by atoms with Crippen LogP contribution in [-0.2, 0) is 4.74 Å². The summed E-state index contributed by atoms with van der Waals surface area (Å²) < 4.78 is 11.4. The molecule has 8 nitrogen and oxygen atoms in total. The second-order valence-electron chi connectivity index (χ2n) is 7.47. The number of methoxy groups -OCH3 is 1. The van der Waals surface area contributed by atoms with E-state index in [1.54, 1.807) is 12.6 Å². The molecule has 3 aromatic rings. The minimum atomic E-state index is -0.357. The molecular formula is C22H25N5O3S. The van der Waals surface area contributed by atoms with Crippen LogP contribution in [0.1, 0.15) is 27.2 Å². The Balaban J connectivity index is 1.68. The third-order valence-corrected chi connectivity index (χ3v) is 6.12. The van der Waals surface area contributed by atoms with Crippen LogP contribution in [0.4, 0.5) is 5.95 Å². The lowest BCUT2D eigenvalue weighted by Crippen LogP contribution is -2.42. The highest BCUT2D eigenvalue weighted by atomic mass is 32.1. The van der Waals surface area contributed by atoms with Crippen molar-refractivity contribution in [2.45, 2.75) is 13.0 Å². The summed E-state index contributed by atoms with van der Waals surface area (Å²) in [5, 5.41) is 0. The predicted octanol–water partition coefficient (Wildman–Crippen LogP) is 3.20. The van der Waals surface area contributed by atoms with Crippen molar-refractivity contribution in [1.29, 1.82) is 0 Å². The minimum Gasteiger partial charge on any atom is -0.497 e. The van der Waals surface area contributed by atoms with E-state index in [1.807, 2.05) is 61.3 Å². The van der Waals surface area contributed by atoms with Gasteiger partial charge in [0.05, 0.1) is 37.2 Å². The fourth-order valence-corrected chi connectivity index (χ4v) is 4.26. The molecule has 31 heavy (non-hydrogen) atoms. The van der Waals surface area contributed by atoms with Gasteiger partial charge in [0.2, 0.25) is 5.95 Å². The quantitative estimate of drug-likeness (QED) is 0.604. The number of nitrogens with zero attached hydrogens (tertiary/aromatic N) is 5. The molecule has 1 amide bonds. The van der Waals surface area contributed by atoms with E-state index in [2.05, 4.69) is 9.97 Å². The average Bonchev–Trinajstić information content (AvgIpc) is 3.24. The first-order valence-electron chi connectivity index (χ1n) is 9.97. The third-order valence-electron chi connectivity index (χ3n) is 5.20. The number of carbonyl (C=O) groups is 1. The number of aromatic nitrogens is 3. The predicted molar refractivity (Wildman–Crippen MR) is 120 cm³/mol. The van der Waals surface area contributed by atoms with Gasteiger partial charge in [-0.3, -0.25) is 4.79 Å². The van der Waals surface area contributed by atoms with E-state index in [9.17, 15) is 4.79 Å². The van der Waals surface area contributed by atoms with Crippen LogP contribution in [0, 0.1) is 6.92 Å². The number of thiazole rings is 1. The first kappa shape index (κ1) is 21.2. The van der Waals surface area contributed by atoms with Gasteiger partial charge < -0.3 is 19.3 Å². The number of carbonyl (C=O) groups excluding carboxylic acids is 1. The average molecular weight is 440 g/mol. The van der Waals surface area contributed by atoms with E-state index in [-0.39, 0.29) is 12.0 Å². The zero-order chi connectivity index (χ0) is 22.0. The highest BCUT2D eigenvalue weighted by Crippen LogP contribution is 2.33. The number of ether oxygens (including phenoxy) is 2. The number of hydrogen-bond donors (Lipinski definition) is 0. The van der Waals surface area contributed by atoms with Crippen molar-refractivity contribution >= 4 is 23.2 Å². The summed E-state index contributed by atoms with van der Waals surface area (Å²) in [6.45, 7) is 3.26. The van der Waals surface area contributed by atoms with E-state index in [0.717, 1.165) is 28.3 Å². The topological polar surface area (TPSA) is 80.7 Å². The van der Waals surface area contributed by atoms with Gasteiger partial charge in [-0.1, -0.05) is 12.1 Å². The van der Waals surface area contributed by atoms with Crippen LogP contribution in [-0.4, -0.2) is 66.7 Å². The van der Waals surface area contributed by atoms with E-state index in [4.69, 9.17) is 14.5 Å². The first-order chi connectivity index (χ1) is 15.0. The number of benzene rings is 1. The van der Waals surface area contributed by atoms with Crippen LogP contribution in [0.5, 0.6) is 5.75 Å². The van der Waals surface area contributed by atoms with Crippen LogP contribution in [0.15, 0.2) is 36.0 Å². The van der Waals surface area contributed by atoms with Gasteiger partial charge in [-0.25, -0.2) is 15.0 Å². The highest BCUT2D eigenvalue weighted by molar-refractivity contribution is 7.11. The summed E-state index contributed by atoms with van der Waals surface area (Å²) in [5.41, 5.74) is 5.07. The zero-order valence-electron chi connectivity index (χ0n) is 18.0. The van der Waals surface area contributed by atoms with Gasteiger partial charge in [-0.15, -0.1) is 11.3 Å². The van der Waals surface area contributed by atoms with Crippen molar-refractivity contribution in [2.24, 2.45) is 0 Å². The molecule has 0 spiro atoms. The van der Waals surface area contributed by atoms with Crippen LogP contribution in [0.2, 0.25) is 0 Å². The zero-order valence-corrected chi connectivity index (χ0v) is 18.8. The van der Waals surface area contributed by atoms with Gasteiger partial charge in [-0.05, 0) is 24.6 Å². The van der Waals surface area contributed by atoms with Crippen molar-refractivity contribution < 1.29 is 14.3 Å². The Hall–Kier alpha value is -3.04. The Labute approximate surface area is 185 Å². The van der Waals surface area contributed by atoms with Gasteiger partial charge >= 0.3 is 0 Å². The molecule has 9 heteroatoms. The molecule has 4 rings (SSSR count). The molecule has 0 saturated carbocycles. The maximum Gasteiger partial charge on any atom is 0.266 e. The molecule has 0 unspecified atom stereocenters. The smallest absolute Gasteiger partial charge is 0.266 e. The number of amides is 1. The second kappa shape index (κ2) is 8.99. The summed E-state index contributed by atoms with van der Waals surface area (Å²) in [6.07, 6.45) is 1.46. The lowest BCUT2D eigenvalue weighted by atomic mass is 10.0. The fourth-order valence-electron chi connectivity index (χ4n) is 3.49. The van der Waals surface area contributed by atoms with Crippen LogP contribution in [0.3, 0.4) is 0 Å². The molecule has 1 aliphatic heterocycles. The summed E-state index contributed by atoms with van der Waals surface area (Å²) in [5.74, 6) is 1.36. The van der Waals surface area contributed by atoms with Gasteiger partial charge in [0.15, 0.2) is 0 Å². The van der Waals surface area contributed by atoms with Gasteiger partial charge in [0, 0.05) is 32.4 Å². The highest BCUT2D eigenvalue weighted by Gasteiger charge is 2.30. The largest absolute Gasteiger partial charge is 0.497 e. The number of aryl methyl sites for hydroxylation is 1. The Kier molecular flexibility index (Phi) is 6.15. The summed E-state index contributed by atoms with van der Waals surface area (Å²) in [4.78, 5) is 30.9. The molecule has 0 bridgehead atoms. The summed E-state index contributed by atoms with van der Waals surface area (Å²) in [7, 11) is 5.44. The molecular weight excluding hydrogens is 414 g/mol. The number of morpholine rings is 1. The molecule has 1 atom stereocenters. The first-order valence-corrected chi connectivity index (χ1v) is 10.9. The molecule has 1 aromatic carbocycles. The monoisotopic (exact) mass is 439 g/mol. The summed E-state index contributed by atoms with van der Waals surface area (Å²) in [6, 6.07) is 7.76. The van der Waals surface area contributed by atoms with E-state index < -0.39 is 0 Å². The SMILES string of the molecule is COc1ccc(-c2cnc(N(C)C)nc2[C@H]2CN(C(=O)c3scnc3C)CCO2)cc1. The van der Waals surface area contributed by atoms with Crippen molar-refractivity contribution in [2.75, 3.05) is 45.8 Å². The van der Waals surface area contributed by atoms with Gasteiger partial charge in [-0.2, -0.15) is 0 Å². The van der Waals surface area contributed by atoms with Crippen molar-refractivity contribution in [1.82, 2.24) is 19.9 Å². The van der Waals surface area contributed by atoms with Crippen LogP contribution in [0.25, 0.3) is 11.1 Å². The molecule has 0 radical (unpaired) electrons. The molecule has 0 aliphatic carbocycles. The lowest BCUT2D eigenvalue weighted by molar-refractivity contribution is -0.0243. The normalized spacial score (nSPS) is 16.3. The third kappa shape index (κ3) is 4.38. The number of hydrogen-bond acceptors (Lipinski definition) is 8. The Morgan fingerprint density at radius 2 is 2.03 bits per heavy atom. The van der Waals surface area contributed by atoms with Crippen molar-refractivity contribution in [3.8, 4) is 16.9 Å². The molecule has 0 N–H and O–H groups in total. The van der Waals surface area contributed by atoms with E-state index in [0.29, 0.717) is 30.5 Å². The molecule has 2 aromatic heterocycles. The lowest BCUT2D eigenvalue weighted by Gasteiger charge is -2.33. The van der Waals surface area contributed by atoms with E-state index in [1.165, 1.54) is 11.3 Å². The fraction of sp³-hybridized carbons (Fsp3) is 0.364. The van der Waals surface area contributed by atoms with Gasteiger partial charge in [0.1, 0.15) is 16.7 Å². The maximum absolute atomic E-state index is 13.0. The summed E-state index contributed by atoms with van der Waals surface area (Å²) >= 11 is 1.37. The standard InChI is InChI=1S/C22H25N5O3S/c1-14-20(31-13-24-14)21(28)27-9-10-30-18(12-27)19-17(11-23-22(25-19)26(2)3)15-5-7-16(29-4)8-6-15/h5-8,11,13,18H,9-10,12H2,1-4H3/t18-/m1/s1.